The summed E-state index contributed by atoms with van der Waals surface area (Å²) < 4.78 is 0. The first-order chi connectivity index (χ1) is 8.16. The van der Waals surface area contributed by atoms with E-state index in [9.17, 15) is 14.4 Å². The second kappa shape index (κ2) is 4.47. The lowest BCUT2D eigenvalue weighted by atomic mass is 10.1. The Morgan fingerprint density at radius 3 is 2.12 bits per heavy atom. The Bertz CT molecular complexity index is 460. The van der Waals surface area contributed by atoms with Gasteiger partial charge in [0.15, 0.2) is 0 Å². The number of benzene rings is 1. The molecule has 0 unspecified atom stereocenters. The minimum absolute atomic E-state index is 0.0119. The van der Waals surface area contributed by atoms with Crippen molar-refractivity contribution in [1.29, 1.82) is 0 Å². The molecule has 1 aromatic carbocycles. The van der Waals surface area contributed by atoms with Gasteiger partial charge in [-0.25, -0.2) is 4.90 Å². The zero-order valence-electron chi connectivity index (χ0n) is 9.05. The highest BCUT2D eigenvalue weighted by Crippen LogP contribution is 2.23. The number of amides is 3. The monoisotopic (exact) mass is 233 g/mol. The molecular formula is C12H11NO4. The Morgan fingerprint density at radius 2 is 1.65 bits per heavy atom. The number of carbonyl (C=O) groups excluding carboxylic acids is 3. The molecular weight excluding hydrogens is 222 g/mol. The van der Waals surface area contributed by atoms with Crippen LogP contribution in [0, 0.1) is 0 Å². The molecule has 5 nitrogen and oxygen atoms in total. The summed E-state index contributed by atoms with van der Waals surface area (Å²) in [6, 6.07) is 6.33. The Balaban J connectivity index is 2.27. The predicted octanol–water partition coefficient (Wildman–Crippen LogP) is 0.582. The van der Waals surface area contributed by atoms with Gasteiger partial charge < -0.3 is 5.11 Å². The van der Waals surface area contributed by atoms with Crippen molar-refractivity contribution in [3.63, 3.8) is 0 Å². The van der Waals surface area contributed by atoms with E-state index in [1.54, 1.807) is 12.1 Å². The highest BCUT2D eigenvalue weighted by molar-refractivity contribution is 6.28. The van der Waals surface area contributed by atoms with Crippen LogP contribution < -0.4 is 0 Å². The summed E-state index contributed by atoms with van der Waals surface area (Å²) in [5.74, 6) is -1.72. The summed E-state index contributed by atoms with van der Waals surface area (Å²) in [5, 5.41) is 8.62. The lowest BCUT2D eigenvalue weighted by Crippen LogP contribution is -2.36. The molecule has 0 atom stereocenters. The van der Waals surface area contributed by atoms with Crippen molar-refractivity contribution in [1.82, 2.24) is 4.90 Å². The number of aliphatic hydroxyl groups is 1. The minimum atomic E-state index is -0.575. The first-order valence-corrected chi connectivity index (χ1v) is 5.28. The third kappa shape index (κ3) is 1.85. The molecule has 0 bridgehead atoms. The van der Waals surface area contributed by atoms with Crippen molar-refractivity contribution in [2.45, 2.75) is 12.8 Å². The van der Waals surface area contributed by atoms with Crippen LogP contribution in [-0.4, -0.2) is 34.3 Å². The fourth-order valence-electron chi connectivity index (χ4n) is 1.76. The van der Waals surface area contributed by atoms with Crippen molar-refractivity contribution < 1.29 is 19.5 Å². The zero-order chi connectivity index (χ0) is 12.4. The number of carbonyl (C=O) groups is 3. The van der Waals surface area contributed by atoms with Crippen LogP contribution in [0.25, 0.3) is 0 Å². The fourth-order valence-corrected chi connectivity index (χ4v) is 1.76. The summed E-state index contributed by atoms with van der Waals surface area (Å²) in [4.78, 5) is 36.0. The molecule has 0 saturated carbocycles. The standard InChI is InChI=1S/C12H11NO4/c14-7-3-6-10(15)13-11(16)8-4-1-2-5-9(8)12(13)17/h1-2,4-5,14H,3,6-7H2. The van der Waals surface area contributed by atoms with E-state index in [4.69, 9.17) is 5.11 Å². The van der Waals surface area contributed by atoms with Gasteiger partial charge in [0.05, 0.1) is 11.1 Å². The molecule has 0 aliphatic carbocycles. The van der Waals surface area contributed by atoms with Crippen molar-refractivity contribution >= 4 is 17.7 Å². The van der Waals surface area contributed by atoms with E-state index in [0.29, 0.717) is 4.90 Å². The highest BCUT2D eigenvalue weighted by atomic mass is 16.3. The maximum atomic E-state index is 11.8. The molecule has 0 saturated heterocycles. The van der Waals surface area contributed by atoms with Crippen molar-refractivity contribution in [3.8, 4) is 0 Å². The van der Waals surface area contributed by atoms with Crippen molar-refractivity contribution in [3.05, 3.63) is 35.4 Å². The van der Waals surface area contributed by atoms with Gasteiger partial charge in [0.25, 0.3) is 11.8 Å². The van der Waals surface area contributed by atoms with Crippen LogP contribution in [0.5, 0.6) is 0 Å². The topological polar surface area (TPSA) is 74.7 Å². The Morgan fingerprint density at radius 1 is 1.12 bits per heavy atom. The van der Waals surface area contributed by atoms with Crippen LogP contribution in [-0.2, 0) is 4.79 Å². The van der Waals surface area contributed by atoms with Crippen molar-refractivity contribution in [2.24, 2.45) is 0 Å². The van der Waals surface area contributed by atoms with E-state index in [0.717, 1.165) is 0 Å². The lowest BCUT2D eigenvalue weighted by molar-refractivity contribution is -0.126. The molecule has 0 aromatic heterocycles. The molecule has 5 heteroatoms. The smallest absolute Gasteiger partial charge is 0.268 e. The third-order valence-corrected chi connectivity index (χ3v) is 2.59. The van der Waals surface area contributed by atoms with Gasteiger partial charge in [0.1, 0.15) is 0 Å². The molecule has 1 N–H and O–H groups in total. The second-order valence-electron chi connectivity index (χ2n) is 3.71. The van der Waals surface area contributed by atoms with Gasteiger partial charge in [-0.3, -0.25) is 14.4 Å². The van der Waals surface area contributed by atoms with Crippen LogP contribution in [0.15, 0.2) is 24.3 Å². The number of aliphatic hydroxyl groups excluding tert-OH is 1. The number of hydrogen-bond donors (Lipinski definition) is 1. The van der Waals surface area contributed by atoms with E-state index < -0.39 is 17.7 Å². The first kappa shape index (κ1) is 11.5. The van der Waals surface area contributed by atoms with Gasteiger partial charge >= 0.3 is 0 Å². The molecule has 1 heterocycles. The normalized spacial score (nSPS) is 14.1. The molecule has 0 radical (unpaired) electrons. The average Bonchev–Trinajstić information content (AvgIpc) is 2.60. The molecule has 2 rings (SSSR count). The summed E-state index contributed by atoms with van der Waals surface area (Å²) in [6.07, 6.45) is 0.230. The van der Waals surface area contributed by atoms with E-state index >= 15 is 0 Å². The highest BCUT2D eigenvalue weighted by Gasteiger charge is 2.38. The Kier molecular flexibility index (Phi) is 3.01. The van der Waals surface area contributed by atoms with Gasteiger partial charge in [0, 0.05) is 13.0 Å². The summed E-state index contributed by atoms with van der Waals surface area (Å²) in [7, 11) is 0. The quantitative estimate of drug-likeness (QED) is 0.775. The average molecular weight is 233 g/mol. The molecule has 1 aliphatic heterocycles. The first-order valence-electron chi connectivity index (χ1n) is 5.28. The summed E-state index contributed by atoms with van der Waals surface area (Å²) in [6.45, 7) is -0.144. The van der Waals surface area contributed by atoms with E-state index in [1.807, 2.05) is 0 Å². The number of imide groups is 3. The summed E-state index contributed by atoms with van der Waals surface area (Å²) >= 11 is 0. The van der Waals surface area contributed by atoms with Crippen LogP contribution in [0.2, 0.25) is 0 Å². The van der Waals surface area contributed by atoms with Gasteiger partial charge in [-0.05, 0) is 18.6 Å². The third-order valence-electron chi connectivity index (χ3n) is 2.59. The predicted molar refractivity (Wildman–Crippen MR) is 58.3 cm³/mol. The van der Waals surface area contributed by atoms with E-state index in [1.165, 1.54) is 12.1 Å². The van der Waals surface area contributed by atoms with E-state index in [-0.39, 0.29) is 30.6 Å². The molecule has 17 heavy (non-hydrogen) atoms. The number of rotatable bonds is 3. The summed E-state index contributed by atoms with van der Waals surface area (Å²) in [5.41, 5.74) is 0.518. The van der Waals surface area contributed by atoms with Gasteiger partial charge in [-0.15, -0.1) is 0 Å². The maximum absolute atomic E-state index is 11.8. The minimum Gasteiger partial charge on any atom is -0.396 e. The van der Waals surface area contributed by atoms with Gasteiger partial charge in [0.2, 0.25) is 5.91 Å². The maximum Gasteiger partial charge on any atom is 0.268 e. The van der Waals surface area contributed by atoms with Crippen LogP contribution in [0.1, 0.15) is 33.6 Å². The van der Waals surface area contributed by atoms with Gasteiger partial charge in [-0.1, -0.05) is 12.1 Å². The molecule has 88 valence electrons. The van der Waals surface area contributed by atoms with Gasteiger partial charge in [-0.2, -0.15) is 0 Å². The molecule has 1 aliphatic rings. The number of hydrogen-bond acceptors (Lipinski definition) is 4. The zero-order valence-corrected chi connectivity index (χ0v) is 9.05. The van der Waals surface area contributed by atoms with Crippen LogP contribution in [0.4, 0.5) is 0 Å². The lowest BCUT2D eigenvalue weighted by Gasteiger charge is -2.10. The number of nitrogens with zero attached hydrogens (tertiary/aromatic N) is 1. The SMILES string of the molecule is O=C(CCCO)N1C(=O)c2ccccc2C1=O. The Hall–Kier alpha value is -2.01. The second-order valence-corrected chi connectivity index (χ2v) is 3.71. The Labute approximate surface area is 97.7 Å². The fraction of sp³-hybridized carbons (Fsp3) is 0.250. The molecule has 0 spiro atoms. The van der Waals surface area contributed by atoms with Crippen molar-refractivity contribution in [2.75, 3.05) is 6.61 Å². The van der Waals surface area contributed by atoms with Crippen LogP contribution >= 0.6 is 0 Å². The van der Waals surface area contributed by atoms with E-state index in [2.05, 4.69) is 0 Å². The molecule has 0 fully saturated rings. The largest absolute Gasteiger partial charge is 0.396 e. The molecule has 3 amide bonds. The number of fused-ring (bicyclic) bond motifs is 1. The van der Waals surface area contributed by atoms with Crippen LogP contribution in [0.3, 0.4) is 0 Å². The molecule has 1 aromatic rings.